The summed E-state index contributed by atoms with van der Waals surface area (Å²) in [4.78, 5) is 35.2. The molecule has 0 aliphatic carbocycles. The first-order valence-corrected chi connectivity index (χ1v) is 10.2. The molecule has 3 rings (SSSR count). The van der Waals surface area contributed by atoms with Crippen molar-refractivity contribution in [1.29, 1.82) is 0 Å². The Morgan fingerprint density at radius 1 is 1.37 bits per heavy atom. The molecule has 2 N–H and O–H groups in total. The zero-order chi connectivity index (χ0) is 19.2. The van der Waals surface area contributed by atoms with E-state index < -0.39 is 0 Å². The molecule has 0 unspecified atom stereocenters. The Bertz CT molecular complexity index is 862. The Balaban J connectivity index is 1.63. The number of amides is 1. The van der Waals surface area contributed by atoms with Crippen LogP contribution in [-0.4, -0.2) is 48.4 Å². The molecule has 0 bridgehead atoms. The van der Waals surface area contributed by atoms with Crippen molar-refractivity contribution in [2.75, 3.05) is 42.8 Å². The first-order valence-electron chi connectivity index (χ1n) is 8.93. The second-order valence-electron chi connectivity index (χ2n) is 6.33. The lowest BCUT2D eigenvalue weighted by molar-refractivity contribution is -0.116. The monoisotopic (exact) mass is 388 g/mol. The second-order valence-corrected chi connectivity index (χ2v) is 7.21. The third-order valence-corrected chi connectivity index (χ3v) is 5.20. The number of nitrogens with zero attached hydrogens (tertiary/aromatic N) is 2. The van der Waals surface area contributed by atoms with Crippen molar-refractivity contribution in [3.8, 4) is 0 Å². The number of carbonyl (C=O) groups excluding carboxylic acids is 1. The molecule has 144 valence electrons. The molecule has 2 heterocycles. The first-order chi connectivity index (χ1) is 13.1. The number of anilines is 2. The maximum Gasteiger partial charge on any atom is 0.255 e. The van der Waals surface area contributed by atoms with Crippen LogP contribution in [0.4, 0.5) is 11.6 Å². The maximum absolute atomic E-state index is 12.5. The van der Waals surface area contributed by atoms with Gasteiger partial charge in [0.25, 0.3) is 5.56 Å². The molecule has 0 spiro atoms. The Hall–Kier alpha value is -2.32. The Morgan fingerprint density at radius 2 is 2.15 bits per heavy atom. The zero-order valence-corrected chi connectivity index (χ0v) is 16.4. The molecule has 27 heavy (non-hydrogen) atoms. The lowest BCUT2D eigenvalue weighted by atomic mass is 10.1. The SMILES string of the molecule is CSc1cccc(NC(=O)CCc2c(C)nc(N3CCOCC3)[nH]c2=O)c1. The summed E-state index contributed by atoms with van der Waals surface area (Å²) in [6, 6.07) is 7.68. The molecule has 0 saturated carbocycles. The summed E-state index contributed by atoms with van der Waals surface area (Å²) in [7, 11) is 0. The van der Waals surface area contributed by atoms with E-state index in [9.17, 15) is 9.59 Å². The van der Waals surface area contributed by atoms with Crippen LogP contribution in [0.25, 0.3) is 0 Å². The molecular weight excluding hydrogens is 364 g/mol. The van der Waals surface area contributed by atoms with Gasteiger partial charge in [-0.05, 0) is 37.8 Å². The number of H-pyrrole nitrogens is 1. The molecule has 2 aromatic rings. The molecule has 1 aliphatic heterocycles. The molecule has 0 atom stereocenters. The van der Waals surface area contributed by atoms with Gasteiger partial charge in [-0.2, -0.15) is 0 Å². The minimum Gasteiger partial charge on any atom is -0.378 e. The van der Waals surface area contributed by atoms with Gasteiger partial charge in [0.1, 0.15) is 0 Å². The number of aromatic nitrogens is 2. The highest BCUT2D eigenvalue weighted by Crippen LogP contribution is 2.19. The number of hydrogen-bond acceptors (Lipinski definition) is 6. The number of carbonyl (C=O) groups is 1. The van der Waals surface area contributed by atoms with Crippen LogP contribution in [0.15, 0.2) is 34.0 Å². The van der Waals surface area contributed by atoms with Crippen LogP contribution in [0.3, 0.4) is 0 Å². The molecule has 8 heteroatoms. The summed E-state index contributed by atoms with van der Waals surface area (Å²) < 4.78 is 5.33. The van der Waals surface area contributed by atoms with E-state index in [0.717, 1.165) is 10.6 Å². The minimum atomic E-state index is -0.179. The van der Waals surface area contributed by atoms with E-state index in [0.29, 0.717) is 49.9 Å². The highest BCUT2D eigenvalue weighted by molar-refractivity contribution is 7.98. The van der Waals surface area contributed by atoms with Crippen LogP contribution < -0.4 is 15.8 Å². The fraction of sp³-hybridized carbons (Fsp3) is 0.421. The van der Waals surface area contributed by atoms with Crippen molar-refractivity contribution in [2.24, 2.45) is 0 Å². The van der Waals surface area contributed by atoms with Gasteiger partial charge in [0.2, 0.25) is 11.9 Å². The second kappa shape index (κ2) is 9.05. The highest BCUT2D eigenvalue weighted by atomic mass is 32.2. The number of aromatic amines is 1. The number of morpholine rings is 1. The molecule has 1 aromatic heterocycles. The molecule has 1 fully saturated rings. The van der Waals surface area contributed by atoms with Gasteiger partial charge in [0.15, 0.2) is 0 Å². The van der Waals surface area contributed by atoms with Crippen LogP contribution in [0.1, 0.15) is 17.7 Å². The molecule has 1 aromatic carbocycles. The van der Waals surface area contributed by atoms with Crippen molar-refractivity contribution >= 4 is 29.3 Å². The fourth-order valence-electron chi connectivity index (χ4n) is 2.98. The number of thioether (sulfide) groups is 1. The van der Waals surface area contributed by atoms with Crippen molar-refractivity contribution < 1.29 is 9.53 Å². The molecular formula is C19H24N4O3S. The number of rotatable bonds is 6. The quantitative estimate of drug-likeness (QED) is 0.738. The van der Waals surface area contributed by atoms with Crippen molar-refractivity contribution in [3.05, 3.63) is 45.9 Å². The summed E-state index contributed by atoms with van der Waals surface area (Å²) in [6.07, 6.45) is 2.57. The zero-order valence-electron chi connectivity index (χ0n) is 15.6. The van der Waals surface area contributed by atoms with Gasteiger partial charge in [-0.25, -0.2) is 4.98 Å². The van der Waals surface area contributed by atoms with E-state index in [1.54, 1.807) is 11.8 Å². The predicted octanol–water partition coefficient (Wildman–Crippen LogP) is 2.21. The van der Waals surface area contributed by atoms with E-state index in [2.05, 4.69) is 15.3 Å². The maximum atomic E-state index is 12.5. The summed E-state index contributed by atoms with van der Waals surface area (Å²) >= 11 is 1.62. The van der Waals surface area contributed by atoms with Gasteiger partial charge in [-0.3, -0.25) is 14.6 Å². The highest BCUT2D eigenvalue weighted by Gasteiger charge is 2.16. The standard InChI is InChI=1S/C19H24N4O3S/c1-13-16(18(25)22-19(20-13)23-8-10-26-11-9-23)6-7-17(24)21-14-4-3-5-15(12-14)27-2/h3-5,12H,6-11H2,1-2H3,(H,21,24)(H,20,22,25). The van der Waals surface area contributed by atoms with E-state index in [-0.39, 0.29) is 17.9 Å². The Labute approximate surface area is 162 Å². The topological polar surface area (TPSA) is 87.3 Å². The average molecular weight is 388 g/mol. The largest absolute Gasteiger partial charge is 0.378 e. The van der Waals surface area contributed by atoms with Crippen molar-refractivity contribution in [3.63, 3.8) is 0 Å². The van der Waals surface area contributed by atoms with Gasteiger partial charge in [-0.1, -0.05) is 6.07 Å². The summed E-state index contributed by atoms with van der Waals surface area (Å²) in [5.41, 5.74) is 1.80. The van der Waals surface area contributed by atoms with Crippen molar-refractivity contribution in [2.45, 2.75) is 24.7 Å². The van der Waals surface area contributed by atoms with Crippen LogP contribution in [0, 0.1) is 6.92 Å². The Morgan fingerprint density at radius 3 is 2.85 bits per heavy atom. The fourth-order valence-corrected chi connectivity index (χ4v) is 3.44. The van der Waals surface area contributed by atoms with Crippen molar-refractivity contribution in [1.82, 2.24) is 9.97 Å². The molecule has 1 amide bonds. The Kier molecular flexibility index (Phi) is 6.52. The summed E-state index contributed by atoms with van der Waals surface area (Å²) in [5.74, 6) is 0.451. The number of ether oxygens (including phenoxy) is 1. The smallest absolute Gasteiger partial charge is 0.255 e. The molecule has 1 aliphatic rings. The van der Waals surface area contributed by atoms with Crippen LogP contribution in [0.2, 0.25) is 0 Å². The van der Waals surface area contributed by atoms with E-state index in [1.807, 2.05) is 42.3 Å². The lowest BCUT2D eigenvalue weighted by Crippen LogP contribution is -2.38. The van der Waals surface area contributed by atoms with E-state index in [1.165, 1.54) is 0 Å². The number of aryl methyl sites for hydroxylation is 1. The number of hydrogen-bond donors (Lipinski definition) is 2. The van der Waals surface area contributed by atoms with Gasteiger partial charge < -0.3 is 15.0 Å². The third-order valence-electron chi connectivity index (χ3n) is 4.48. The molecule has 7 nitrogen and oxygen atoms in total. The first kappa shape index (κ1) is 19.4. The van der Waals surface area contributed by atoms with Crippen LogP contribution in [0.5, 0.6) is 0 Å². The average Bonchev–Trinajstić information content (AvgIpc) is 2.68. The van der Waals surface area contributed by atoms with Gasteiger partial charge in [0.05, 0.1) is 13.2 Å². The van der Waals surface area contributed by atoms with Gasteiger partial charge in [-0.15, -0.1) is 11.8 Å². The van der Waals surface area contributed by atoms with Gasteiger partial charge >= 0.3 is 0 Å². The number of nitrogens with one attached hydrogen (secondary N) is 2. The minimum absolute atomic E-state index is 0.121. The van der Waals surface area contributed by atoms with Gasteiger partial charge in [0, 0.05) is 41.4 Å². The molecule has 1 saturated heterocycles. The normalized spacial score (nSPS) is 14.2. The summed E-state index contributed by atoms with van der Waals surface area (Å²) in [6.45, 7) is 4.48. The van der Waals surface area contributed by atoms with Crippen LogP contribution >= 0.6 is 11.8 Å². The van der Waals surface area contributed by atoms with Crippen LogP contribution in [-0.2, 0) is 16.0 Å². The predicted molar refractivity (Wildman–Crippen MR) is 108 cm³/mol. The third kappa shape index (κ3) is 5.11. The summed E-state index contributed by atoms with van der Waals surface area (Å²) in [5, 5.41) is 2.88. The van der Waals surface area contributed by atoms with E-state index >= 15 is 0 Å². The lowest BCUT2D eigenvalue weighted by Gasteiger charge is -2.27. The molecule has 0 radical (unpaired) electrons. The van der Waals surface area contributed by atoms with E-state index in [4.69, 9.17) is 4.74 Å². The number of benzene rings is 1.